The van der Waals surface area contributed by atoms with Gasteiger partial charge in [0.15, 0.2) is 0 Å². The number of hydrogen-bond donors (Lipinski definition) is 1. The van der Waals surface area contributed by atoms with Crippen LogP contribution in [0.25, 0.3) is 0 Å². The van der Waals surface area contributed by atoms with E-state index in [1.807, 2.05) is 0 Å². The molecule has 1 aromatic rings. The van der Waals surface area contributed by atoms with E-state index in [0.29, 0.717) is 6.04 Å². The van der Waals surface area contributed by atoms with Crippen molar-refractivity contribution in [1.29, 1.82) is 0 Å². The van der Waals surface area contributed by atoms with Crippen LogP contribution in [-0.4, -0.2) is 18.1 Å². The van der Waals surface area contributed by atoms with Crippen LogP contribution in [0.1, 0.15) is 42.8 Å². The predicted molar refractivity (Wildman–Crippen MR) is 74.6 cm³/mol. The first-order valence-electron chi connectivity index (χ1n) is 6.54. The van der Waals surface area contributed by atoms with E-state index in [4.69, 9.17) is 0 Å². The van der Waals surface area contributed by atoms with Crippen molar-refractivity contribution in [2.24, 2.45) is 0 Å². The normalized spacial score (nSPS) is 17.9. The molecule has 0 aromatic carbocycles. The highest BCUT2D eigenvalue weighted by Crippen LogP contribution is 2.22. The molecule has 1 unspecified atom stereocenters. The van der Waals surface area contributed by atoms with E-state index in [-0.39, 0.29) is 0 Å². The molecular formula is C14H22N2S. The van der Waals surface area contributed by atoms with E-state index in [0.717, 1.165) is 6.42 Å². The molecule has 94 valence electrons. The standard InChI is InChI=1S/C14H22N2S/c1-11-16-14(10-17-11)9-13(15-2)8-12-6-4-3-5-7-12/h6,10,13,15H,3-5,7-9H2,1-2H3. The Hall–Kier alpha value is -0.670. The lowest BCUT2D eigenvalue weighted by molar-refractivity contribution is 0.528. The molecule has 2 nitrogen and oxygen atoms in total. The maximum absolute atomic E-state index is 4.55. The first-order chi connectivity index (χ1) is 8.28. The molecule has 1 heterocycles. The summed E-state index contributed by atoms with van der Waals surface area (Å²) in [5.41, 5.74) is 2.88. The van der Waals surface area contributed by atoms with Crippen LogP contribution >= 0.6 is 11.3 Å². The van der Waals surface area contributed by atoms with Crippen molar-refractivity contribution < 1.29 is 0 Å². The monoisotopic (exact) mass is 250 g/mol. The molecule has 1 N–H and O–H groups in total. The lowest BCUT2D eigenvalue weighted by Gasteiger charge is -2.19. The zero-order valence-corrected chi connectivity index (χ0v) is 11.6. The highest BCUT2D eigenvalue weighted by molar-refractivity contribution is 7.09. The fraction of sp³-hybridized carbons (Fsp3) is 0.643. The fourth-order valence-electron chi connectivity index (χ4n) is 2.44. The molecule has 0 fully saturated rings. The van der Waals surface area contributed by atoms with Crippen molar-refractivity contribution in [2.45, 2.75) is 51.5 Å². The first-order valence-corrected chi connectivity index (χ1v) is 7.42. The average molecular weight is 250 g/mol. The third kappa shape index (κ3) is 3.93. The molecule has 0 aliphatic heterocycles. The SMILES string of the molecule is CNC(CC1=CCCCC1)Cc1csc(C)n1. The van der Waals surface area contributed by atoms with E-state index >= 15 is 0 Å². The van der Waals surface area contributed by atoms with Gasteiger partial charge in [-0.15, -0.1) is 11.3 Å². The van der Waals surface area contributed by atoms with Crippen molar-refractivity contribution >= 4 is 11.3 Å². The van der Waals surface area contributed by atoms with Gasteiger partial charge < -0.3 is 5.32 Å². The van der Waals surface area contributed by atoms with Gasteiger partial charge in [-0.1, -0.05) is 11.6 Å². The minimum atomic E-state index is 0.542. The molecule has 0 radical (unpaired) electrons. The van der Waals surface area contributed by atoms with Crippen molar-refractivity contribution in [1.82, 2.24) is 10.3 Å². The number of aromatic nitrogens is 1. The molecule has 1 aliphatic rings. The topological polar surface area (TPSA) is 24.9 Å². The number of thiazole rings is 1. The van der Waals surface area contributed by atoms with Crippen molar-refractivity contribution in [3.63, 3.8) is 0 Å². The average Bonchev–Trinajstić information content (AvgIpc) is 2.75. The summed E-state index contributed by atoms with van der Waals surface area (Å²) < 4.78 is 0. The molecule has 0 bridgehead atoms. The Morgan fingerprint density at radius 2 is 2.29 bits per heavy atom. The number of aryl methyl sites for hydroxylation is 1. The molecule has 3 heteroatoms. The Morgan fingerprint density at radius 3 is 2.88 bits per heavy atom. The molecule has 0 saturated carbocycles. The summed E-state index contributed by atoms with van der Waals surface area (Å²) in [4.78, 5) is 4.55. The predicted octanol–water partition coefficient (Wildman–Crippen LogP) is 3.47. The van der Waals surface area contributed by atoms with Crippen molar-refractivity contribution in [3.8, 4) is 0 Å². The molecule has 1 aromatic heterocycles. The van der Waals surface area contributed by atoms with Gasteiger partial charge >= 0.3 is 0 Å². The van der Waals surface area contributed by atoms with Crippen molar-refractivity contribution in [2.75, 3.05) is 7.05 Å². The summed E-state index contributed by atoms with van der Waals surface area (Å²) in [6.07, 6.45) is 10.0. The summed E-state index contributed by atoms with van der Waals surface area (Å²) in [6.45, 7) is 2.08. The molecule has 1 aliphatic carbocycles. The van der Waals surface area contributed by atoms with E-state index in [9.17, 15) is 0 Å². The molecular weight excluding hydrogens is 228 g/mol. The number of rotatable bonds is 5. The fourth-order valence-corrected chi connectivity index (χ4v) is 3.06. The number of nitrogens with one attached hydrogen (secondary N) is 1. The minimum absolute atomic E-state index is 0.542. The van der Waals surface area contributed by atoms with Crippen LogP contribution in [0.3, 0.4) is 0 Å². The van der Waals surface area contributed by atoms with Gasteiger partial charge in [-0.05, 0) is 46.1 Å². The quantitative estimate of drug-likeness (QED) is 0.809. The number of hydrogen-bond acceptors (Lipinski definition) is 3. The maximum Gasteiger partial charge on any atom is 0.0897 e. The Labute approximate surface area is 108 Å². The van der Waals surface area contributed by atoms with Gasteiger partial charge in [0.2, 0.25) is 0 Å². The number of nitrogens with zero attached hydrogens (tertiary/aromatic N) is 1. The Bertz CT molecular complexity index is 381. The van der Waals surface area contributed by atoms with Crippen LogP contribution in [0.15, 0.2) is 17.0 Å². The van der Waals surface area contributed by atoms with Crippen LogP contribution in [0, 0.1) is 6.92 Å². The third-order valence-corrected chi connectivity index (χ3v) is 4.25. The Balaban J connectivity index is 1.90. The minimum Gasteiger partial charge on any atom is -0.316 e. The number of allylic oxidation sites excluding steroid dienone is 1. The molecule has 1 atom stereocenters. The lowest BCUT2D eigenvalue weighted by atomic mass is 9.93. The summed E-state index contributed by atoms with van der Waals surface area (Å²) >= 11 is 1.75. The van der Waals surface area contributed by atoms with Crippen LogP contribution in [0.2, 0.25) is 0 Å². The second-order valence-electron chi connectivity index (χ2n) is 4.86. The molecule has 2 rings (SSSR count). The highest BCUT2D eigenvalue weighted by atomic mass is 32.1. The molecule has 0 spiro atoms. The van der Waals surface area contributed by atoms with Gasteiger partial charge in [-0.25, -0.2) is 4.98 Å². The van der Waals surface area contributed by atoms with Crippen LogP contribution in [0.5, 0.6) is 0 Å². The van der Waals surface area contributed by atoms with Crippen LogP contribution in [0.4, 0.5) is 0 Å². The zero-order valence-electron chi connectivity index (χ0n) is 10.8. The van der Waals surface area contributed by atoms with Gasteiger partial charge in [-0.3, -0.25) is 0 Å². The van der Waals surface area contributed by atoms with E-state index in [1.54, 1.807) is 16.9 Å². The molecule has 0 saturated heterocycles. The van der Waals surface area contributed by atoms with Crippen LogP contribution in [-0.2, 0) is 6.42 Å². The van der Waals surface area contributed by atoms with Gasteiger partial charge in [0.1, 0.15) is 0 Å². The third-order valence-electron chi connectivity index (χ3n) is 3.42. The summed E-state index contributed by atoms with van der Waals surface area (Å²) in [5, 5.41) is 6.79. The largest absolute Gasteiger partial charge is 0.316 e. The summed E-state index contributed by atoms with van der Waals surface area (Å²) in [6, 6.07) is 0.542. The van der Waals surface area contributed by atoms with Gasteiger partial charge in [0, 0.05) is 17.8 Å². The van der Waals surface area contributed by atoms with Gasteiger partial charge in [0.05, 0.1) is 10.7 Å². The highest BCUT2D eigenvalue weighted by Gasteiger charge is 2.13. The summed E-state index contributed by atoms with van der Waals surface area (Å²) in [5.74, 6) is 0. The Morgan fingerprint density at radius 1 is 1.41 bits per heavy atom. The first kappa shape index (κ1) is 12.8. The Kier molecular flexibility index (Phi) is 4.75. The second kappa shape index (κ2) is 6.31. The van der Waals surface area contributed by atoms with Crippen LogP contribution < -0.4 is 5.32 Å². The van der Waals surface area contributed by atoms with Gasteiger partial charge in [0.25, 0.3) is 0 Å². The number of likely N-dealkylation sites (N-methyl/N-ethyl adjacent to an activating group) is 1. The second-order valence-corrected chi connectivity index (χ2v) is 5.92. The van der Waals surface area contributed by atoms with Gasteiger partial charge in [-0.2, -0.15) is 0 Å². The zero-order chi connectivity index (χ0) is 12.1. The molecule has 0 amide bonds. The maximum atomic E-state index is 4.55. The van der Waals surface area contributed by atoms with E-state index in [1.165, 1.54) is 42.8 Å². The lowest BCUT2D eigenvalue weighted by Crippen LogP contribution is -2.28. The van der Waals surface area contributed by atoms with Crippen molar-refractivity contribution in [3.05, 3.63) is 27.7 Å². The summed E-state index contributed by atoms with van der Waals surface area (Å²) in [7, 11) is 2.06. The molecule has 17 heavy (non-hydrogen) atoms. The van der Waals surface area contributed by atoms with E-state index in [2.05, 4.69) is 35.7 Å². The smallest absolute Gasteiger partial charge is 0.0897 e. The van der Waals surface area contributed by atoms with E-state index < -0.39 is 0 Å².